The summed E-state index contributed by atoms with van der Waals surface area (Å²) in [5.41, 5.74) is 3.31. The maximum absolute atomic E-state index is 13.1. The van der Waals surface area contributed by atoms with Gasteiger partial charge in [-0.2, -0.15) is 5.10 Å². The third-order valence-corrected chi connectivity index (χ3v) is 4.86. The number of nitrogens with one attached hydrogen (secondary N) is 1. The molecule has 2 aromatic heterocycles. The normalized spacial score (nSPS) is 17.2. The van der Waals surface area contributed by atoms with Crippen LogP contribution in [0.3, 0.4) is 0 Å². The van der Waals surface area contributed by atoms with Crippen LogP contribution in [0.15, 0.2) is 36.5 Å². The van der Waals surface area contributed by atoms with Crippen molar-refractivity contribution in [2.45, 2.75) is 25.8 Å². The highest BCUT2D eigenvalue weighted by Crippen LogP contribution is 2.34. The molecule has 0 spiro atoms. The zero-order valence-electron chi connectivity index (χ0n) is 14.3. The minimum absolute atomic E-state index is 0.0216. The van der Waals surface area contributed by atoms with Crippen molar-refractivity contribution in [3.8, 4) is 5.75 Å². The summed E-state index contributed by atoms with van der Waals surface area (Å²) in [6.07, 6.45) is 3.59. The van der Waals surface area contributed by atoms with Gasteiger partial charge in [-0.1, -0.05) is 12.1 Å². The smallest absolute Gasteiger partial charge is 0.255 e. The fraction of sp³-hybridized carbons (Fsp3) is 0.316. The van der Waals surface area contributed by atoms with Crippen molar-refractivity contribution < 1.29 is 9.53 Å². The Balaban J connectivity index is 1.63. The number of methoxy groups -OCH3 is 1. The second-order valence-electron chi connectivity index (χ2n) is 6.37. The Hall–Kier alpha value is -2.89. The van der Waals surface area contributed by atoms with Gasteiger partial charge in [-0.05, 0) is 43.5 Å². The number of aromatic nitrogens is 3. The van der Waals surface area contributed by atoms with Gasteiger partial charge in [0, 0.05) is 23.8 Å². The third kappa shape index (κ3) is 2.73. The number of nitrogens with zero attached hydrogens (tertiary/aromatic N) is 3. The Kier molecular flexibility index (Phi) is 3.87. The van der Waals surface area contributed by atoms with E-state index in [4.69, 9.17) is 4.74 Å². The average molecular weight is 336 g/mol. The van der Waals surface area contributed by atoms with Crippen LogP contribution in [-0.4, -0.2) is 39.6 Å². The molecule has 1 amide bonds. The molecule has 25 heavy (non-hydrogen) atoms. The number of fused-ring (bicyclic) bond motifs is 1. The lowest BCUT2D eigenvalue weighted by Gasteiger charge is -2.25. The summed E-state index contributed by atoms with van der Waals surface area (Å²) in [6.45, 7) is 2.69. The van der Waals surface area contributed by atoms with Crippen LogP contribution in [0, 0.1) is 6.92 Å². The number of pyridine rings is 1. The van der Waals surface area contributed by atoms with E-state index in [1.165, 1.54) is 0 Å². The first-order valence-corrected chi connectivity index (χ1v) is 8.43. The number of aryl methyl sites for hydroxylation is 1. The number of hydrogen-bond acceptors (Lipinski definition) is 4. The van der Waals surface area contributed by atoms with Crippen molar-refractivity contribution in [1.82, 2.24) is 20.1 Å². The van der Waals surface area contributed by atoms with Gasteiger partial charge in [0.2, 0.25) is 0 Å². The Morgan fingerprint density at radius 2 is 2.12 bits per heavy atom. The molecule has 0 bridgehead atoms. The molecule has 3 heterocycles. The van der Waals surface area contributed by atoms with E-state index in [2.05, 4.69) is 15.2 Å². The number of hydrogen-bond donors (Lipinski definition) is 1. The van der Waals surface area contributed by atoms with Crippen molar-refractivity contribution in [2.24, 2.45) is 0 Å². The molecule has 3 aromatic rings. The number of aromatic amines is 1. The zero-order chi connectivity index (χ0) is 17.4. The highest BCUT2D eigenvalue weighted by atomic mass is 16.5. The first-order valence-electron chi connectivity index (χ1n) is 8.43. The molecule has 1 aromatic carbocycles. The molecule has 1 fully saturated rings. The molecular weight excluding hydrogens is 316 g/mol. The monoisotopic (exact) mass is 336 g/mol. The largest absolute Gasteiger partial charge is 0.497 e. The van der Waals surface area contributed by atoms with E-state index in [-0.39, 0.29) is 11.9 Å². The second-order valence-corrected chi connectivity index (χ2v) is 6.37. The first kappa shape index (κ1) is 15.6. The molecule has 0 radical (unpaired) electrons. The maximum Gasteiger partial charge on any atom is 0.255 e. The van der Waals surface area contributed by atoms with Crippen LogP contribution in [0.1, 0.15) is 40.5 Å². The Bertz CT molecular complexity index is 917. The number of ether oxygens (including phenoxy) is 1. The lowest BCUT2D eigenvalue weighted by atomic mass is 10.0. The Morgan fingerprint density at radius 1 is 1.32 bits per heavy atom. The molecule has 0 unspecified atom stereocenters. The van der Waals surface area contributed by atoms with E-state index in [0.29, 0.717) is 11.2 Å². The van der Waals surface area contributed by atoms with Crippen LogP contribution in [0.25, 0.3) is 11.0 Å². The Morgan fingerprint density at radius 3 is 2.88 bits per heavy atom. The van der Waals surface area contributed by atoms with Crippen molar-refractivity contribution in [1.29, 1.82) is 0 Å². The molecule has 128 valence electrons. The topological polar surface area (TPSA) is 71.1 Å². The number of amides is 1. The van der Waals surface area contributed by atoms with E-state index in [1.807, 2.05) is 42.2 Å². The quantitative estimate of drug-likeness (QED) is 0.797. The van der Waals surface area contributed by atoms with Gasteiger partial charge in [0.15, 0.2) is 5.65 Å². The van der Waals surface area contributed by atoms with E-state index in [1.54, 1.807) is 13.3 Å². The summed E-state index contributed by atoms with van der Waals surface area (Å²) >= 11 is 0. The molecular formula is C19H20N4O2. The lowest BCUT2D eigenvalue weighted by molar-refractivity contribution is 0.0735. The van der Waals surface area contributed by atoms with E-state index in [9.17, 15) is 4.79 Å². The highest BCUT2D eigenvalue weighted by molar-refractivity contribution is 5.97. The molecule has 6 heteroatoms. The van der Waals surface area contributed by atoms with Crippen LogP contribution in [0.4, 0.5) is 0 Å². The summed E-state index contributed by atoms with van der Waals surface area (Å²) < 4.78 is 5.22. The molecule has 4 rings (SSSR count). The molecule has 1 saturated heterocycles. The number of H-pyrrole nitrogens is 1. The van der Waals surface area contributed by atoms with E-state index in [0.717, 1.165) is 41.8 Å². The molecule has 1 N–H and O–H groups in total. The first-order chi connectivity index (χ1) is 12.2. The molecule has 1 aliphatic heterocycles. The molecule has 0 aliphatic carbocycles. The standard InChI is InChI=1S/C19H20N4O2/c1-12-16-10-14(11-20-18(16)22-21-12)19(24)23-9-3-4-17(23)13-5-7-15(25-2)8-6-13/h5-8,10-11,17H,3-4,9H2,1-2H3,(H,20,21,22)/t17-/m0/s1. The van der Waals surface area contributed by atoms with Gasteiger partial charge in [0.25, 0.3) is 5.91 Å². The minimum Gasteiger partial charge on any atom is -0.497 e. The second kappa shape index (κ2) is 6.20. The Labute approximate surface area is 145 Å². The highest BCUT2D eigenvalue weighted by Gasteiger charge is 2.31. The van der Waals surface area contributed by atoms with Crippen molar-refractivity contribution >= 4 is 16.9 Å². The fourth-order valence-electron chi connectivity index (χ4n) is 3.48. The lowest BCUT2D eigenvalue weighted by Crippen LogP contribution is -2.30. The van der Waals surface area contributed by atoms with Crippen molar-refractivity contribution in [3.63, 3.8) is 0 Å². The third-order valence-electron chi connectivity index (χ3n) is 4.86. The maximum atomic E-state index is 13.1. The van der Waals surface area contributed by atoms with Crippen molar-refractivity contribution in [3.05, 3.63) is 53.3 Å². The van der Waals surface area contributed by atoms with Crippen LogP contribution in [0.5, 0.6) is 5.75 Å². The van der Waals surface area contributed by atoms with Crippen LogP contribution in [-0.2, 0) is 0 Å². The number of carbonyl (C=O) groups is 1. The minimum atomic E-state index is 0.0216. The van der Waals surface area contributed by atoms with Gasteiger partial charge >= 0.3 is 0 Å². The number of rotatable bonds is 3. The summed E-state index contributed by atoms with van der Waals surface area (Å²) in [7, 11) is 1.65. The molecule has 1 atom stereocenters. The summed E-state index contributed by atoms with van der Waals surface area (Å²) in [4.78, 5) is 19.3. The van der Waals surface area contributed by atoms with Crippen LogP contribution in [0.2, 0.25) is 0 Å². The molecule has 6 nitrogen and oxygen atoms in total. The summed E-state index contributed by atoms with van der Waals surface area (Å²) in [5.74, 6) is 0.845. The van der Waals surface area contributed by atoms with Gasteiger partial charge < -0.3 is 9.64 Å². The van der Waals surface area contributed by atoms with Gasteiger partial charge in [0.05, 0.1) is 18.7 Å². The van der Waals surface area contributed by atoms with Crippen LogP contribution >= 0.6 is 0 Å². The number of carbonyl (C=O) groups excluding carboxylic acids is 1. The molecule has 0 saturated carbocycles. The predicted molar refractivity (Wildman–Crippen MR) is 94.6 cm³/mol. The number of benzene rings is 1. The number of likely N-dealkylation sites (tertiary alicyclic amines) is 1. The SMILES string of the molecule is COc1ccc([C@@H]2CCCN2C(=O)c2cnc3n[nH]c(C)c3c2)cc1. The van der Waals surface area contributed by atoms with E-state index >= 15 is 0 Å². The average Bonchev–Trinajstić information content (AvgIpc) is 3.28. The zero-order valence-corrected chi connectivity index (χ0v) is 14.3. The fourth-order valence-corrected chi connectivity index (χ4v) is 3.48. The van der Waals surface area contributed by atoms with Crippen LogP contribution < -0.4 is 4.74 Å². The van der Waals surface area contributed by atoms with Gasteiger partial charge in [-0.15, -0.1) is 0 Å². The van der Waals surface area contributed by atoms with Crippen molar-refractivity contribution in [2.75, 3.05) is 13.7 Å². The molecule has 1 aliphatic rings. The summed E-state index contributed by atoms with van der Waals surface area (Å²) in [5, 5.41) is 7.93. The van der Waals surface area contributed by atoms with Gasteiger partial charge in [-0.25, -0.2) is 4.98 Å². The van der Waals surface area contributed by atoms with Gasteiger partial charge in [-0.3, -0.25) is 9.89 Å². The summed E-state index contributed by atoms with van der Waals surface area (Å²) in [6, 6.07) is 9.94. The van der Waals surface area contributed by atoms with E-state index < -0.39 is 0 Å². The van der Waals surface area contributed by atoms with Gasteiger partial charge in [0.1, 0.15) is 5.75 Å². The predicted octanol–water partition coefficient (Wildman–Crippen LogP) is 3.25.